The van der Waals surface area contributed by atoms with Crippen LogP contribution in [0.25, 0.3) is 0 Å². The molecule has 0 radical (unpaired) electrons. The largest absolute Gasteiger partial charge is 0.455 e. The zero-order chi connectivity index (χ0) is 14.0. The molecule has 0 bridgehead atoms. The van der Waals surface area contributed by atoms with Crippen molar-refractivity contribution in [3.63, 3.8) is 0 Å². The molecule has 1 rings (SSSR count). The van der Waals surface area contributed by atoms with E-state index in [1.54, 1.807) is 0 Å². The van der Waals surface area contributed by atoms with Crippen LogP contribution in [-0.4, -0.2) is 20.3 Å². The average Bonchev–Trinajstić information content (AvgIpc) is 2.27. The van der Waals surface area contributed by atoms with Gasteiger partial charge in [0.1, 0.15) is 0 Å². The van der Waals surface area contributed by atoms with Gasteiger partial charge in [-0.1, -0.05) is 27.7 Å². The minimum Gasteiger partial charge on any atom is -0.455 e. The Morgan fingerprint density at radius 2 is 1.67 bits per heavy atom. The molecule has 0 unspecified atom stereocenters. The molecule has 0 aliphatic carbocycles. The predicted octanol–water partition coefficient (Wildman–Crippen LogP) is 0.713. The molecule has 0 fully saturated rings. The van der Waals surface area contributed by atoms with Gasteiger partial charge < -0.3 is 10.3 Å². The molecule has 1 aromatic heterocycles. The summed E-state index contributed by atoms with van der Waals surface area (Å²) in [6.07, 6.45) is 0.561. The molecule has 6 nitrogen and oxygen atoms in total. The number of rotatable bonds is 4. The summed E-state index contributed by atoms with van der Waals surface area (Å²) >= 11 is 0. The van der Waals surface area contributed by atoms with E-state index in [4.69, 9.17) is 0 Å². The smallest absolute Gasteiger partial charge is 0.438 e. The molecule has 0 aromatic carbocycles. The van der Waals surface area contributed by atoms with Crippen molar-refractivity contribution < 1.29 is 20.3 Å². The lowest BCUT2D eigenvalue weighted by Crippen LogP contribution is -2.47. The van der Waals surface area contributed by atoms with Crippen molar-refractivity contribution in [1.29, 1.82) is 0 Å². The van der Waals surface area contributed by atoms with Crippen LogP contribution in [-0.2, 0) is 12.8 Å². The minimum atomic E-state index is -0.695. The van der Waals surface area contributed by atoms with Gasteiger partial charge in [0.15, 0.2) is 5.69 Å². The van der Waals surface area contributed by atoms with E-state index in [1.807, 2.05) is 27.7 Å². The van der Waals surface area contributed by atoms with Crippen LogP contribution in [0.5, 0.6) is 5.88 Å². The third-order valence-corrected chi connectivity index (χ3v) is 2.61. The van der Waals surface area contributed by atoms with Gasteiger partial charge in [-0.05, 0) is 11.8 Å². The van der Waals surface area contributed by atoms with Crippen LogP contribution in [0.1, 0.15) is 39.1 Å². The molecule has 1 aromatic rings. The fourth-order valence-corrected chi connectivity index (χ4v) is 1.81. The minimum absolute atomic E-state index is 0.0185. The Balaban J connectivity index is 3.41. The Kier molecular flexibility index (Phi) is 4.21. The highest BCUT2D eigenvalue weighted by atomic mass is 16.5. The number of hydrogen-bond acceptors (Lipinski definition) is 4. The highest BCUT2D eigenvalue weighted by Crippen LogP contribution is 2.14. The van der Waals surface area contributed by atoms with Gasteiger partial charge in [-0.25, -0.2) is 0 Å². The second kappa shape index (κ2) is 5.29. The summed E-state index contributed by atoms with van der Waals surface area (Å²) in [5.41, 5.74) is -0.706. The zero-order valence-corrected chi connectivity index (χ0v) is 11.2. The first-order valence-electron chi connectivity index (χ1n) is 6.06. The molecule has 18 heavy (non-hydrogen) atoms. The Labute approximate surface area is 106 Å². The van der Waals surface area contributed by atoms with Crippen LogP contribution in [0.3, 0.4) is 0 Å². The molecule has 6 heteroatoms. The molecule has 1 heterocycles. The lowest BCUT2D eigenvalue weighted by Gasteiger charge is -2.09. The van der Waals surface area contributed by atoms with Crippen molar-refractivity contribution >= 4 is 0 Å². The summed E-state index contributed by atoms with van der Waals surface area (Å²) in [6.45, 7) is 7.52. The van der Waals surface area contributed by atoms with Crippen molar-refractivity contribution in [3.05, 3.63) is 21.7 Å². The fourth-order valence-electron chi connectivity index (χ4n) is 1.81. The normalized spacial score (nSPS) is 11.4. The quantitative estimate of drug-likeness (QED) is 0.548. The summed E-state index contributed by atoms with van der Waals surface area (Å²) in [5.74, 6) is -0.238. The molecule has 0 amide bonds. The summed E-state index contributed by atoms with van der Waals surface area (Å²) < 4.78 is 0.909. The first-order chi connectivity index (χ1) is 8.25. The Hall–Kier alpha value is -1.72. The maximum atomic E-state index is 11.9. The number of hydrogen-bond donors (Lipinski definition) is 3. The van der Waals surface area contributed by atoms with E-state index < -0.39 is 11.4 Å². The summed E-state index contributed by atoms with van der Waals surface area (Å²) in [4.78, 5) is 11.9. The maximum Gasteiger partial charge on any atom is 0.438 e. The molecule has 102 valence electrons. The van der Waals surface area contributed by atoms with Crippen molar-refractivity contribution in [3.8, 4) is 5.88 Å². The molecular weight excluding hydrogens is 236 g/mol. The maximum absolute atomic E-state index is 11.9. The molecule has 0 saturated carbocycles. The van der Waals surface area contributed by atoms with Crippen LogP contribution in [0.2, 0.25) is 0 Å². The SMILES string of the molecule is CC(C)Cc1c(O)[n+](O)c(CC(C)C)c(=O)n1O. The standard InChI is InChI=1S/C12H20N2O4/c1-7(2)5-9-11(15)14(18)10(6-8(3)4)12(16)13(9)17/h7-8,17H,5-6H2,1-4H3,(H-,15,16,18)/p+1. The van der Waals surface area contributed by atoms with E-state index in [2.05, 4.69) is 0 Å². The summed E-state index contributed by atoms with van der Waals surface area (Å²) in [7, 11) is 0. The number of aromatic hydroxyl groups is 1. The van der Waals surface area contributed by atoms with E-state index in [9.17, 15) is 20.3 Å². The topological polar surface area (TPSA) is 86.6 Å². The van der Waals surface area contributed by atoms with Gasteiger partial charge >= 0.3 is 17.1 Å². The van der Waals surface area contributed by atoms with E-state index in [0.29, 0.717) is 15.9 Å². The van der Waals surface area contributed by atoms with Crippen LogP contribution >= 0.6 is 0 Å². The van der Waals surface area contributed by atoms with Gasteiger partial charge in [-0.3, -0.25) is 10.0 Å². The number of nitrogens with zero attached hydrogens (tertiary/aromatic N) is 2. The van der Waals surface area contributed by atoms with Crippen molar-refractivity contribution in [2.75, 3.05) is 0 Å². The monoisotopic (exact) mass is 257 g/mol. The lowest BCUT2D eigenvalue weighted by atomic mass is 10.1. The first kappa shape index (κ1) is 14.3. The van der Waals surface area contributed by atoms with Crippen LogP contribution in [0.4, 0.5) is 0 Å². The van der Waals surface area contributed by atoms with Gasteiger partial charge in [0.2, 0.25) is 0 Å². The van der Waals surface area contributed by atoms with Crippen LogP contribution in [0.15, 0.2) is 4.79 Å². The van der Waals surface area contributed by atoms with E-state index >= 15 is 0 Å². The zero-order valence-electron chi connectivity index (χ0n) is 11.2. The van der Waals surface area contributed by atoms with Crippen molar-refractivity contribution in [2.24, 2.45) is 11.8 Å². The molecule has 0 saturated heterocycles. The fraction of sp³-hybridized carbons (Fsp3) is 0.667. The second-order valence-corrected chi connectivity index (χ2v) is 5.34. The van der Waals surface area contributed by atoms with E-state index in [0.717, 1.165) is 0 Å². The molecule has 0 spiro atoms. The third-order valence-electron chi connectivity index (χ3n) is 2.61. The Morgan fingerprint density at radius 3 is 2.11 bits per heavy atom. The molecule has 0 atom stereocenters. The highest BCUT2D eigenvalue weighted by molar-refractivity contribution is 5.13. The lowest BCUT2D eigenvalue weighted by molar-refractivity contribution is -0.913. The van der Waals surface area contributed by atoms with Gasteiger partial charge in [0, 0.05) is 12.8 Å². The Morgan fingerprint density at radius 1 is 1.17 bits per heavy atom. The molecule has 0 aliphatic rings. The first-order valence-corrected chi connectivity index (χ1v) is 6.06. The second-order valence-electron chi connectivity index (χ2n) is 5.34. The highest BCUT2D eigenvalue weighted by Gasteiger charge is 2.30. The average molecular weight is 257 g/mol. The van der Waals surface area contributed by atoms with Gasteiger partial charge in [0.05, 0.1) is 4.73 Å². The number of aromatic nitrogens is 2. The van der Waals surface area contributed by atoms with Crippen molar-refractivity contribution in [1.82, 2.24) is 4.73 Å². The van der Waals surface area contributed by atoms with Crippen LogP contribution in [0, 0.1) is 11.8 Å². The third kappa shape index (κ3) is 2.75. The summed E-state index contributed by atoms with van der Waals surface area (Å²) in [6, 6.07) is 0. The summed E-state index contributed by atoms with van der Waals surface area (Å²) in [5, 5.41) is 29.4. The van der Waals surface area contributed by atoms with Gasteiger partial charge in [0.25, 0.3) is 0 Å². The van der Waals surface area contributed by atoms with E-state index in [1.165, 1.54) is 0 Å². The van der Waals surface area contributed by atoms with Crippen LogP contribution < -0.4 is 10.3 Å². The predicted molar refractivity (Wildman–Crippen MR) is 64.0 cm³/mol. The Bertz CT molecular complexity index is 492. The van der Waals surface area contributed by atoms with Gasteiger partial charge in [-0.15, -0.1) is 4.73 Å². The van der Waals surface area contributed by atoms with Crippen molar-refractivity contribution in [2.45, 2.75) is 40.5 Å². The molecule has 0 aliphatic heterocycles. The molecule has 3 N–H and O–H groups in total. The van der Waals surface area contributed by atoms with Gasteiger partial charge in [-0.2, -0.15) is 0 Å². The van der Waals surface area contributed by atoms with E-state index in [-0.39, 0.29) is 29.6 Å². The molecular formula is C12H21N2O4+.